The van der Waals surface area contributed by atoms with Gasteiger partial charge in [0.15, 0.2) is 0 Å². The molecule has 7 nitrogen and oxygen atoms in total. The van der Waals surface area contributed by atoms with E-state index in [0.29, 0.717) is 17.2 Å². The average molecular weight is 366 g/mol. The van der Waals surface area contributed by atoms with Crippen LogP contribution >= 0.6 is 11.3 Å². The second-order valence-electron chi connectivity index (χ2n) is 6.09. The van der Waals surface area contributed by atoms with Crippen LogP contribution < -0.4 is 10.9 Å². The quantitative estimate of drug-likeness (QED) is 0.587. The maximum absolute atomic E-state index is 11.9. The highest BCUT2D eigenvalue weighted by atomic mass is 32.1. The van der Waals surface area contributed by atoms with Crippen molar-refractivity contribution in [2.45, 2.75) is 26.4 Å². The number of fused-ring (bicyclic) bond motifs is 1. The summed E-state index contributed by atoms with van der Waals surface area (Å²) in [6.07, 6.45) is 5.46. The molecule has 4 rings (SSSR count). The number of nitrogens with zero attached hydrogens (tertiary/aromatic N) is 5. The van der Waals surface area contributed by atoms with Crippen molar-refractivity contribution >= 4 is 16.3 Å². The maximum Gasteiger partial charge on any atom is 0.275 e. The van der Waals surface area contributed by atoms with Crippen LogP contribution in [0.2, 0.25) is 0 Å². The van der Waals surface area contributed by atoms with Gasteiger partial charge in [-0.05, 0) is 31.5 Å². The molecule has 0 unspecified atom stereocenters. The van der Waals surface area contributed by atoms with E-state index in [0.717, 1.165) is 10.7 Å². The fraction of sp³-hybridized carbons (Fsp3) is 0.222. The van der Waals surface area contributed by atoms with Crippen molar-refractivity contribution in [2.75, 3.05) is 0 Å². The minimum absolute atomic E-state index is 0.141. The SMILES string of the molecule is Cc1cc(=O)n2nc(CN[C@H](C)c3ccc(-n4ccnc4)cc3)sc2n1. The molecular formula is C18H18N6OS. The third-order valence-electron chi connectivity index (χ3n) is 4.17. The monoisotopic (exact) mass is 366 g/mol. The topological polar surface area (TPSA) is 77.1 Å². The number of hydrogen-bond donors (Lipinski definition) is 1. The molecule has 0 radical (unpaired) electrons. The Hall–Kier alpha value is -2.84. The van der Waals surface area contributed by atoms with E-state index < -0.39 is 0 Å². The van der Waals surface area contributed by atoms with E-state index in [-0.39, 0.29) is 11.6 Å². The van der Waals surface area contributed by atoms with Gasteiger partial charge in [0.05, 0.1) is 12.9 Å². The second kappa shape index (κ2) is 6.81. The van der Waals surface area contributed by atoms with E-state index in [2.05, 4.69) is 51.6 Å². The van der Waals surface area contributed by atoms with Crippen molar-refractivity contribution in [2.24, 2.45) is 0 Å². The molecule has 1 aromatic carbocycles. The number of aryl methyl sites for hydroxylation is 1. The van der Waals surface area contributed by atoms with E-state index in [9.17, 15) is 4.79 Å². The summed E-state index contributed by atoms with van der Waals surface area (Å²) in [5.74, 6) is 0. The normalized spacial score (nSPS) is 12.5. The predicted molar refractivity (Wildman–Crippen MR) is 101 cm³/mol. The zero-order valence-corrected chi connectivity index (χ0v) is 15.3. The Morgan fingerprint density at radius 1 is 1.27 bits per heavy atom. The van der Waals surface area contributed by atoms with Gasteiger partial charge in [-0.25, -0.2) is 9.97 Å². The van der Waals surface area contributed by atoms with Crippen LogP contribution in [0, 0.1) is 6.92 Å². The molecule has 4 aromatic rings. The molecular weight excluding hydrogens is 348 g/mol. The van der Waals surface area contributed by atoms with E-state index in [1.807, 2.05) is 17.7 Å². The first-order chi connectivity index (χ1) is 12.6. The zero-order valence-electron chi connectivity index (χ0n) is 14.5. The summed E-state index contributed by atoms with van der Waals surface area (Å²) in [6, 6.07) is 9.99. The Morgan fingerprint density at radius 3 is 2.81 bits per heavy atom. The molecule has 1 N–H and O–H groups in total. The molecule has 0 saturated heterocycles. The van der Waals surface area contributed by atoms with Gasteiger partial charge in [0.1, 0.15) is 5.01 Å². The highest BCUT2D eigenvalue weighted by molar-refractivity contribution is 7.16. The highest BCUT2D eigenvalue weighted by Gasteiger charge is 2.10. The Kier molecular flexibility index (Phi) is 4.36. The van der Waals surface area contributed by atoms with Gasteiger partial charge < -0.3 is 9.88 Å². The first-order valence-corrected chi connectivity index (χ1v) is 9.10. The first kappa shape index (κ1) is 16.6. The number of nitrogens with one attached hydrogen (secondary N) is 1. The minimum atomic E-state index is -0.141. The third kappa shape index (κ3) is 3.29. The van der Waals surface area contributed by atoms with Gasteiger partial charge in [-0.1, -0.05) is 23.5 Å². The van der Waals surface area contributed by atoms with Gasteiger partial charge in [-0.15, -0.1) is 0 Å². The molecule has 3 aromatic heterocycles. The smallest absolute Gasteiger partial charge is 0.275 e. The maximum atomic E-state index is 11.9. The molecule has 132 valence electrons. The molecule has 0 aliphatic rings. The number of hydrogen-bond acceptors (Lipinski definition) is 6. The van der Waals surface area contributed by atoms with Crippen LogP contribution in [0.1, 0.15) is 29.2 Å². The molecule has 0 aliphatic carbocycles. The van der Waals surface area contributed by atoms with E-state index in [1.54, 1.807) is 12.5 Å². The molecule has 1 atom stereocenters. The lowest BCUT2D eigenvalue weighted by atomic mass is 10.1. The van der Waals surface area contributed by atoms with Crippen LogP contribution in [0.25, 0.3) is 10.6 Å². The average Bonchev–Trinajstić information content (AvgIpc) is 3.29. The summed E-state index contributed by atoms with van der Waals surface area (Å²) in [6.45, 7) is 4.50. The van der Waals surface area contributed by atoms with Crippen molar-refractivity contribution in [3.63, 3.8) is 0 Å². The highest BCUT2D eigenvalue weighted by Crippen LogP contribution is 2.17. The zero-order chi connectivity index (χ0) is 18.1. The van der Waals surface area contributed by atoms with E-state index >= 15 is 0 Å². The van der Waals surface area contributed by atoms with Crippen LogP contribution in [0.3, 0.4) is 0 Å². The van der Waals surface area contributed by atoms with Gasteiger partial charge in [-0.2, -0.15) is 9.61 Å². The number of imidazole rings is 1. The van der Waals surface area contributed by atoms with Crippen molar-refractivity contribution < 1.29 is 0 Å². The molecule has 8 heteroatoms. The lowest BCUT2D eigenvalue weighted by Crippen LogP contribution is -2.19. The first-order valence-electron chi connectivity index (χ1n) is 8.28. The predicted octanol–water partition coefficient (Wildman–Crippen LogP) is 2.50. The summed E-state index contributed by atoms with van der Waals surface area (Å²) in [7, 11) is 0. The summed E-state index contributed by atoms with van der Waals surface area (Å²) < 4.78 is 3.33. The van der Waals surface area contributed by atoms with Crippen molar-refractivity contribution in [3.05, 3.63) is 75.7 Å². The largest absolute Gasteiger partial charge is 0.306 e. The number of aromatic nitrogens is 5. The van der Waals surface area contributed by atoms with Crippen LogP contribution in [0.4, 0.5) is 0 Å². The molecule has 0 amide bonds. The Labute approximate surface area is 154 Å². The van der Waals surface area contributed by atoms with Crippen LogP contribution in [0.15, 0.2) is 53.8 Å². The number of rotatable bonds is 5. The van der Waals surface area contributed by atoms with Gasteiger partial charge >= 0.3 is 0 Å². The summed E-state index contributed by atoms with van der Waals surface area (Å²) in [5, 5.41) is 8.64. The van der Waals surface area contributed by atoms with Crippen molar-refractivity contribution in [1.82, 2.24) is 29.5 Å². The van der Waals surface area contributed by atoms with Gasteiger partial charge in [0.2, 0.25) is 4.96 Å². The summed E-state index contributed by atoms with van der Waals surface area (Å²) in [5.41, 5.74) is 2.83. The van der Waals surface area contributed by atoms with Crippen LogP contribution in [-0.4, -0.2) is 24.1 Å². The summed E-state index contributed by atoms with van der Waals surface area (Å²) >= 11 is 1.43. The van der Waals surface area contributed by atoms with Gasteiger partial charge in [-0.3, -0.25) is 4.79 Å². The summed E-state index contributed by atoms with van der Waals surface area (Å²) in [4.78, 5) is 21.0. The van der Waals surface area contributed by atoms with Crippen molar-refractivity contribution in [3.8, 4) is 5.69 Å². The lowest BCUT2D eigenvalue weighted by molar-refractivity contribution is 0.569. The minimum Gasteiger partial charge on any atom is -0.306 e. The standard InChI is InChI=1S/C18H18N6OS/c1-12-9-17(25)24-18(21-12)26-16(22-24)10-20-13(2)14-3-5-15(6-4-14)23-8-7-19-11-23/h3-9,11,13,20H,10H2,1-2H3/t13-/m1/s1. The Bertz CT molecular complexity index is 1080. The fourth-order valence-electron chi connectivity index (χ4n) is 2.74. The molecule has 0 aliphatic heterocycles. The molecule has 26 heavy (non-hydrogen) atoms. The Balaban J connectivity index is 1.46. The Morgan fingerprint density at radius 2 is 2.08 bits per heavy atom. The molecule has 0 fully saturated rings. The second-order valence-corrected chi connectivity index (χ2v) is 7.13. The fourth-order valence-corrected chi connectivity index (χ4v) is 3.63. The molecule has 0 bridgehead atoms. The van der Waals surface area contributed by atoms with E-state index in [1.165, 1.54) is 27.5 Å². The molecule has 0 spiro atoms. The van der Waals surface area contributed by atoms with E-state index in [4.69, 9.17) is 0 Å². The lowest BCUT2D eigenvalue weighted by Gasteiger charge is -2.13. The van der Waals surface area contributed by atoms with Gasteiger partial charge in [0.25, 0.3) is 5.56 Å². The van der Waals surface area contributed by atoms with Crippen molar-refractivity contribution in [1.29, 1.82) is 0 Å². The van der Waals surface area contributed by atoms with Gasteiger partial charge in [0, 0.05) is 35.9 Å². The molecule has 3 heterocycles. The van der Waals surface area contributed by atoms with Crippen LogP contribution in [0.5, 0.6) is 0 Å². The number of benzene rings is 1. The third-order valence-corrected chi connectivity index (χ3v) is 5.08. The van der Waals surface area contributed by atoms with Crippen LogP contribution in [-0.2, 0) is 6.54 Å². The molecule has 0 saturated carbocycles.